The van der Waals surface area contributed by atoms with E-state index in [0.29, 0.717) is 28.8 Å². The van der Waals surface area contributed by atoms with E-state index in [2.05, 4.69) is 15.3 Å². The van der Waals surface area contributed by atoms with Crippen molar-refractivity contribution in [3.05, 3.63) is 75.3 Å². The summed E-state index contributed by atoms with van der Waals surface area (Å²) in [7, 11) is 0. The van der Waals surface area contributed by atoms with Crippen LogP contribution in [-0.2, 0) is 19.6 Å². The molecule has 0 saturated heterocycles. The van der Waals surface area contributed by atoms with Crippen LogP contribution in [-0.4, -0.2) is 27.3 Å². The van der Waals surface area contributed by atoms with E-state index in [0.717, 1.165) is 13.1 Å². The standard InChI is InChI=1S/C20H20N4O2/c1-2-24(20(26)13-7-8-14-10-21-11-15(14)9-13)12-18-22-17-6-4-3-5-16(17)19(25)23-18/h3-9,21H,2,10-12H2,1H3,(H,22,23,25). The van der Waals surface area contributed by atoms with Gasteiger partial charge in [-0.25, -0.2) is 4.98 Å². The molecule has 3 aromatic rings. The first kappa shape index (κ1) is 16.5. The molecule has 6 nitrogen and oxygen atoms in total. The molecule has 0 bridgehead atoms. The van der Waals surface area contributed by atoms with Gasteiger partial charge in [-0.2, -0.15) is 0 Å². The molecule has 2 heterocycles. The Bertz CT molecular complexity index is 1040. The fraction of sp³-hybridized carbons (Fsp3) is 0.250. The average molecular weight is 348 g/mol. The monoisotopic (exact) mass is 348 g/mol. The molecular weight excluding hydrogens is 328 g/mol. The second kappa shape index (κ2) is 6.72. The fourth-order valence-corrected chi connectivity index (χ4v) is 3.33. The van der Waals surface area contributed by atoms with Crippen molar-refractivity contribution >= 4 is 16.8 Å². The maximum Gasteiger partial charge on any atom is 0.258 e. The van der Waals surface area contributed by atoms with Gasteiger partial charge in [0, 0.05) is 25.2 Å². The van der Waals surface area contributed by atoms with Gasteiger partial charge in [-0.05, 0) is 42.3 Å². The van der Waals surface area contributed by atoms with Gasteiger partial charge < -0.3 is 15.2 Å². The van der Waals surface area contributed by atoms with E-state index >= 15 is 0 Å². The lowest BCUT2D eigenvalue weighted by atomic mass is 10.1. The predicted octanol–water partition coefficient (Wildman–Crippen LogP) is 2.19. The summed E-state index contributed by atoms with van der Waals surface area (Å²) in [6.45, 7) is 4.37. The van der Waals surface area contributed by atoms with Crippen molar-refractivity contribution in [2.75, 3.05) is 6.54 Å². The largest absolute Gasteiger partial charge is 0.331 e. The van der Waals surface area contributed by atoms with E-state index in [9.17, 15) is 9.59 Å². The highest BCUT2D eigenvalue weighted by molar-refractivity contribution is 5.94. The number of hydrogen-bond donors (Lipinski definition) is 2. The molecule has 4 rings (SSSR count). The topological polar surface area (TPSA) is 78.1 Å². The lowest BCUT2D eigenvalue weighted by molar-refractivity contribution is 0.0748. The van der Waals surface area contributed by atoms with Crippen LogP contribution in [0.5, 0.6) is 0 Å². The smallest absolute Gasteiger partial charge is 0.258 e. The first-order chi connectivity index (χ1) is 12.7. The zero-order valence-corrected chi connectivity index (χ0v) is 14.6. The maximum absolute atomic E-state index is 12.9. The van der Waals surface area contributed by atoms with E-state index in [1.54, 1.807) is 17.0 Å². The Morgan fingerprint density at radius 2 is 1.96 bits per heavy atom. The number of rotatable bonds is 4. The lowest BCUT2D eigenvalue weighted by Gasteiger charge is -2.21. The molecule has 2 N–H and O–H groups in total. The van der Waals surface area contributed by atoms with Gasteiger partial charge in [0.15, 0.2) is 0 Å². The minimum atomic E-state index is -0.183. The van der Waals surface area contributed by atoms with Crippen molar-refractivity contribution < 1.29 is 4.79 Å². The Morgan fingerprint density at radius 3 is 2.81 bits per heavy atom. The highest BCUT2D eigenvalue weighted by atomic mass is 16.2. The molecule has 1 amide bonds. The SMILES string of the molecule is CCN(Cc1nc2ccccc2c(=O)[nH]1)C(=O)c1ccc2c(c1)CNC2. The van der Waals surface area contributed by atoms with Crippen molar-refractivity contribution in [1.29, 1.82) is 0 Å². The van der Waals surface area contributed by atoms with E-state index < -0.39 is 0 Å². The zero-order chi connectivity index (χ0) is 18.1. The quantitative estimate of drug-likeness (QED) is 0.758. The summed E-state index contributed by atoms with van der Waals surface area (Å²) in [5, 5.41) is 3.84. The summed E-state index contributed by atoms with van der Waals surface area (Å²) in [4.78, 5) is 34.1. The number of amides is 1. The van der Waals surface area contributed by atoms with Crippen LogP contribution in [0.2, 0.25) is 0 Å². The molecular formula is C20H20N4O2. The second-order valence-corrected chi connectivity index (χ2v) is 6.44. The Kier molecular flexibility index (Phi) is 4.26. The van der Waals surface area contributed by atoms with Crippen LogP contribution in [0.3, 0.4) is 0 Å². The van der Waals surface area contributed by atoms with Crippen molar-refractivity contribution in [3.63, 3.8) is 0 Å². The predicted molar refractivity (Wildman–Crippen MR) is 99.8 cm³/mol. The van der Waals surface area contributed by atoms with Gasteiger partial charge in [-0.1, -0.05) is 18.2 Å². The van der Waals surface area contributed by atoms with E-state index in [-0.39, 0.29) is 18.0 Å². The number of benzene rings is 2. The summed E-state index contributed by atoms with van der Waals surface area (Å²) in [6, 6.07) is 13.0. The number of H-pyrrole nitrogens is 1. The van der Waals surface area contributed by atoms with Gasteiger partial charge in [-0.15, -0.1) is 0 Å². The summed E-state index contributed by atoms with van der Waals surface area (Å²) >= 11 is 0. The van der Waals surface area contributed by atoms with E-state index in [1.807, 2.05) is 37.3 Å². The number of aromatic amines is 1. The highest BCUT2D eigenvalue weighted by Crippen LogP contribution is 2.18. The minimum Gasteiger partial charge on any atom is -0.331 e. The molecule has 26 heavy (non-hydrogen) atoms. The molecule has 1 aliphatic heterocycles. The van der Waals surface area contributed by atoms with Crippen LogP contribution in [0, 0.1) is 0 Å². The van der Waals surface area contributed by atoms with Crippen molar-refractivity contribution in [3.8, 4) is 0 Å². The molecule has 1 aromatic heterocycles. The fourth-order valence-electron chi connectivity index (χ4n) is 3.33. The van der Waals surface area contributed by atoms with Gasteiger partial charge in [0.1, 0.15) is 5.82 Å². The zero-order valence-electron chi connectivity index (χ0n) is 14.6. The number of nitrogens with one attached hydrogen (secondary N) is 2. The number of fused-ring (bicyclic) bond motifs is 2. The van der Waals surface area contributed by atoms with Crippen LogP contribution >= 0.6 is 0 Å². The molecule has 0 fully saturated rings. The van der Waals surface area contributed by atoms with Crippen LogP contribution in [0.1, 0.15) is 34.2 Å². The number of nitrogens with zero attached hydrogens (tertiary/aromatic N) is 2. The van der Waals surface area contributed by atoms with Gasteiger partial charge in [0.2, 0.25) is 0 Å². The summed E-state index contributed by atoms with van der Waals surface area (Å²) in [6.07, 6.45) is 0. The van der Waals surface area contributed by atoms with Gasteiger partial charge in [0.05, 0.1) is 17.4 Å². The molecule has 132 valence electrons. The summed E-state index contributed by atoms with van der Waals surface area (Å²) < 4.78 is 0. The highest BCUT2D eigenvalue weighted by Gasteiger charge is 2.19. The summed E-state index contributed by atoms with van der Waals surface area (Å²) in [5.74, 6) is 0.435. The van der Waals surface area contributed by atoms with Gasteiger partial charge >= 0.3 is 0 Å². The van der Waals surface area contributed by atoms with Crippen LogP contribution in [0.15, 0.2) is 47.3 Å². The Labute approximate surface area is 150 Å². The van der Waals surface area contributed by atoms with Gasteiger partial charge in [-0.3, -0.25) is 9.59 Å². The first-order valence-corrected chi connectivity index (χ1v) is 8.75. The Balaban J connectivity index is 1.61. The van der Waals surface area contributed by atoms with Crippen molar-refractivity contribution in [2.45, 2.75) is 26.6 Å². The van der Waals surface area contributed by atoms with Crippen molar-refractivity contribution in [2.24, 2.45) is 0 Å². The van der Waals surface area contributed by atoms with Crippen LogP contribution in [0.25, 0.3) is 10.9 Å². The number of aromatic nitrogens is 2. The lowest BCUT2D eigenvalue weighted by Crippen LogP contribution is -2.32. The molecule has 0 spiro atoms. The first-order valence-electron chi connectivity index (χ1n) is 8.75. The molecule has 0 aliphatic carbocycles. The third kappa shape index (κ3) is 2.99. The van der Waals surface area contributed by atoms with Crippen LogP contribution in [0.4, 0.5) is 0 Å². The third-order valence-corrected chi connectivity index (χ3v) is 4.76. The molecule has 6 heteroatoms. The number of carbonyl (C=O) groups excluding carboxylic acids is 1. The summed E-state index contributed by atoms with van der Waals surface area (Å²) in [5.41, 5.74) is 3.53. The molecule has 2 aromatic carbocycles. The number of para-hydroxylation sites is 1. The van der Waals surface area contributed by atoms with Gasteiger partial charge in [0.25, 0.3) is 11.5 Å². The average Bonchev–Trinajstić information content (AvgIpc) is 3.13. The number of hydrogen-bond acceptors (Lipinski definition) is 4. The van der Waals surface area contributed by atoms with Crippen LogP contribution < -0.4 is 10.9 Å². The molecule has 0 unspecified atom stereocenters. The number of carbonyl (C=O) groups is 1. The molecule has 1 aliphatic rings. The second-order valence-electron chi connectivity index (χ2n) is 6.44. The Morgan fingerprint density at radius 1 is 1.15 bits per heavy atom. The molecule has 0 atom stereocenters. The van der Waals surface area contributed by atoms with Crippen molar-refractivity contribution in [1.82, 2.24) is 20.2 Å². The third-order valence-electron chi connectivity index (χ3n) is 4.76. The molecule has 0 saturated carbocycles. The Hall–Kier alpha value is -2.99. The maximum atomic E-state index is 12.9. The molecule has 0 radical (unpaired) electrons. The minimum absolute atomic E-state index is 0.0574. The van der Waals surface area contributed by atoms with E-state index in [1.165, 1.54) is 11.1 Å². The normalized spacial score (nSPS) is 13.0. The van der Waals surface area contributed by atoms with E-state index in [4.69, 9.17) is 0 Å².